The van der Waals surface area contributed by atoms with E-state index in [1.807, 2.05) is 0 Å². The fraction of sp³-hybridized carbons (Fsp3) is 0.857. The molecule has 0 aromatic heterocycles. The molecule has 0 aromatic carbocycles. The molecule has 1 aliphatic rings. The van der Waals surface area contributed by atoms with Gasteiger partial charge in [-0.05, 0) is 13.3 Å². The predicted molar refractivity (Wildman–Crippen MR) is 47.2 cm³/mol. The molecule has 6 heteroatoms. The Kier molecular flexibility index (Phi) is 2.80. The molecule has 1 aliphatic heterocycles. The van der Waals surface area contributed by atoms with Gasteiger partial charge in [0.15, 0.2) is 9.84 Å². The largest absolute Gasteiger partial charge is 0.453 e. The molecule has 1 saturated heterocycles. The number of methoxy groups -OCH3 is 1. The van der Waals surface area contributed by atoms with Gasteiger partial charge in [-0.2, -0.15) is 0 Å². The summed E-state index contributed by atoms with van der Waals surface area (Å²) in [6, 6.07) is -0.308. The standard InChI is InChI=1S/C7H13NO4S/c1-5-6(8-7(9)12-2)3-4-13(5,10)11/h5-6H,3-4H2,1-2H3,(H,8,9). The molecule has 0 spiro atoms. The Labute approximate surface area is 77.4 Å². The first-order valence-electron chi connectivity index (χ1n) is 4.03. The fourth-order valence-electron chi connectivity index (χ4n) is 1.36. The maximum absolute atomic E-state index is 11.2. The van der Waals surface area contributed by atoms with Gasteiger partial charge in [-0.15, -0.1) is 0 Å². The number of sulfone groups is 1. The van der Waals surface area contributed by atoms with Gasteiger partial charge in [-0.3, -0.25) is 0 Å². The van der Waals surface area contributed by atoms with E-state index in [2.05, 4.69) is 10.1 Å². The van der Waals surface area contributed by atoms with Crippen LogP contribution in [0.2, 0.25) is 0 Å². The third kappa shape index (κ3) is 2.12. The molecule has 13 heavy (non-hydrogen) atoms. The highest BCUT2D eigenvalue weighted by molar-refractivity contribution is 7.92. The number of rotatable bonds is 1. The average molecular weight is 207 g/mol. The molecule has 2 unspecified atom stereocenters. The third-order valence-electron chi connectivity index (χ3n) is 2.34. The Hall–Kier alpha value is -0.780. The van der Waals surface area contributed by atoms with Gasteiger partial charge < -0.3 is 10.1 Å². The second kappa shape index (κ2) is 3.53. The van der Waals surface area contributed by atoms with Crippen LogP contribution < -0.4 is 5.32 Å². The Bertz CT molecular complexity index is 298. The summed E-state index contributed by atoms with van der Waals surface area (Å²) in [5.41, 5.74) is 0. The lowest BCUT2D eigenvalue weighted by atomic mass is 10.2. The molecular weight excluding hydrogens is 194 g/mol. The minimum atomic E-state index is -3.00. The number of carbonyl (C=O) groups excluding carboxylic acids is 1. The first-order valence-corrected chi connectivity index (χ1v) is 5.75. The number of ether oxygens (including phenoxy) is 1. The average Bonchev–Trinajstić information content (AvgIpc) is 2.32. The molecule has 1 N–H and O–H groups in total. The molecule has 1 heterocycles. The summed E-state index contributed by atoms with van der Waals surface area (Å²) in [5.74, 6) is 0.142. The Morgan fingerprint density at radius 1 is 1.54 bits per heavy atom. The lowest BCUT2D eigenvalue weighted by Gasteiger charge is -2.14. The second-order valence-corrected chi connectivity index (χ2v) is 5.58. The van der Waals surface area contributed by atoms with Gasteiger partial charge in [0.25, 0.3) is 0 Å². The number of hydrogen-bond donors (Lipinski definition) is 1. The van der Waals surface area contributed by atoms with E-state index >= 15 is 0 Å². The number of hydrogen-bond acceptors (Lipinski definition) is 4. The van der Waals surface area contributed by atoms with Crippen molar-refractivity contribution >= 4 is 15.9 Å². The van der Waals surface area contributed by atoms with Crippen LogP contribution >= 0.6 is 0 Å². The van der Waals surface area contributed by atoms with Crippen molar-refractivity contribution in [2.24, 2.45) is 0 Å². The highest BCUT2D eigenvalue weighted by Crippen LogP contribution is 2.20. The van der Waals surface area contributed by atoms with Crippen molar-refractivity contribution in [3.8, 4) is 0 Å². The molecule has 2 atom stereocenters. The van der Waals surface area contributed by atoms with E-state index in [1.54, 1.807) is 6.92 Å². The number of carbonyl (C=O) groups is 1. The highest BCUT2D eigenvalue weighted by atomic mass is 32.2. The molecule has 0 saturated carbocycles. The van der Waals surface area contributed by atoms with Gasteiger partial charge in [0.05, 0.1) is 18.1 Å². The summed E-state index contributed by atoms with van der Waals surface area (Å²) < 4.78 is 26.9. The van der Waals surface area contributed by atoms with E-state index in [-0.39, 0.29) is 11.8 Å². The van der Waals surface area contributed by atoms with Crippen LogP contribution in [0.15, 0.2) is 0 Å². The number of nitrogens with one attached hydrogen (secondary N) is 1. The smallest absolute Gasteiger partial charge is 0.407 e. The molecule has 1 amide bonds. The first kappa shape index (κ1) is 10.3. The third-order valence-corrected chi connectivity index (χ3v) is 4.60. The molecular formula is C7H13NO4S. The van der Waals surface area contributed by atoms with E-state index in [0.717, 1.165) is 0 Å². The highest BCUT2D eigenvalue weighted by Gasteiger charge is 2.37. The second-order valence-electron chi connectivity index (χ2n) is 3.10. The van der Waals surface area contributed by atoms with Gasteiger partial charge in [-0.25, -0.2) is 13.2 Å². The molecule has 1 rings (SSSR count). The Morgan fingerprint density at radius 2 is 2.15 bits per heavy atom. The van der Waals surface area contributed by atoms with Crippen molar-refractivity contribution in [1.29, 1.82) is 0 Å². The zero-order valence-electron chi connectivity index (χ0n) is 7.61. The van der Waals surface area contributed by atoms with Gasteiger partial charge in [0.1, 0.15) is 0 Å². The minimum absolute atomic E-state index is 0.142. The van der Waals surface area contributed by atoms with E-state index in [1.165, 1.54) is 7.11 Å². The van der Waals surface area contributed by atoms with Crippen molar-refractivity contribution in [3.63, 3.8) is 0 Å². The zero-order valence-corrected chi connectivity index (χ0v) is 8.43. The van der Waals surface area contributed by atoms with E-state index in [9.17, 15) is 13.2 Å². The molecule has 76 valence electrons. The molecule has 5 nitrogen and oxygen atoms in total. The van der Waals surface area contributed by atoms with Crippen LogP contribution in [0.25, 0.3) is 0 Å². The van der Waals surface area contributed by atoms with Crippen molar-refractivity contribution in [1.82, 2.24) is 5.32 Å². The van der Waals surface area contributed by atoms with Crippen molar-refractivity contribution in [3.05, 3.63) is 0 Å². The van der Waals surface area contributed by atoms with Crippen LogP contribution in [-0.2, 0) is 14.6 Å². The predicted octanol–water partition coefficient (Wildman–Crippen LogP) is -0.0820. The van der Waals surface area contributed by atoms with Crippen LogP contribution in [0.3, 0.4) is 0 Å². The number of amides is 1. The van der Waals surface area contributed by atoms with E-state index in [0.29, 0.717) is 6.42 Å². The van der Waals surface area contributed by atoms with Crippen molar-refractivity contribution in [2.45, 2.75) is 24.6 Å². The lowest BCUT2D eigenvalue weighted by molar-refractivity contribution is 0.166. The van der Waals surface area contributed by atoms with Crippen LogP contribution in [0.1, 0.15) is 13.3 Å². The quantitative estimate of drug-likeness (QED) is 0.652. The van der Waals surface area contributed by atoms with Crippen molar-refractivity contribution < 1.29 is 17.9 Å². The topological polar surface area (TPSA) is 72.5 Å². The monoisotopic (exact) mass is 207 g/mol. The van der Waals surface area contributed by atoms with Gasteiger partial charge in [0, 0.05) is 6.04 Å². The van der Waals surface area contributed by atoms with Crippen LogP contribution in [-0.4, -0.2) is 38.7 Å². The summed E-state index contributed by atoms with van der Waals surface area (Å²) >= 11 is 0. The summed E-state index contributed by atoms with van der Waals surface area (Å²) in [6.45, 7) is 1.60. The van der Waals surface area contributed by atoms with Crippen LogP contribution in [0.5, 0.6) is 0 Å². The van der Waals surface area contributed by atoms with E-state index in [4.69, 9.17) is 0 Å². The first-order chi connectivity index (χ1) is 5.97. The maximum atomic E-state index is 11.2. The summed E-state index contributed by atoms with van der Waals surface area (Å²) in [4.78, 5) is 10.8. The minimum Gasteiger partial charge on any atom is -0.453 e. The summed E-state index contributed by atoms with van der Waals surface area (Å²) in [7, 11) is -1.74. The molecule has 0 aromatic rings. The summed E-state index contributed by atoms with van der Waals surface area (Å²) in [5, 5.41) is 1.99. The van der Waals surface area contributed by atoms with Crippen LogP contribution in [0.4, 0.5) is 4.79 Å². The maximum Gasteiger partial charge on any atom is 0.407 e. The molecule has 1 fully saturated rings. The molecule has 0 aliphatic carbocycles. The molecule has 0 radical (unpaired) electrons. The van der Waals surface area contributed by atoms with Gasteiger partial charge in [0.2, 0.25) is 0 Å². The zero-order chi connectivity index (χ0) is 10.1. The van der Waals surface area contributed by atoms with Crippen LogP contribution in [0, 0.1) is 0 Å². The fourth-order valence-corrected chi connectivity index (χ4v) is 3.02. The Balaban J connectivity index is 2.61. The van der Waals surface area contributed by atoms with Gasteiger partial charge >= 0.3 is 6.09 Å². The lowest BCUT2D eigenvalue weighted by Crippen LogP contribution is -2.40. The van der Waals surface area contributed by atoms with E-state index < -0.39 is 21.2 Å². The number of alkyl carbamates (subject to hydrolysis) is 1. The Morgan fingerprint density at radius 3 is 2.54 bits per heavy atom. The summed E-state index contributed by atoms with van der Waals surface area (Å²) in [6.07, 6.45) is -0.104. The van der Waals surface area contributed by atoms with Gasteiger partial charge in [-0.1, -0.05) is 0 Å². The van der Waals surface area contributed by atoms with Crippen molar-refractivity contribution in [2.75, 3.05) is 12.9 Å². The normalized spacial score (nSPS) is 31.2. The molecule has 0 bridgehead atoms. The SMILES string of the molecule is COC(=O)NC1CCS(=O)(=O)C1C.